The Morgan fingerprint density at radius 2 is 2.07 bits per heavy atom. The van der Waals surface area contributed by atoms with E-state index in [-0.39, 0.29) is 10.6 Å². The Balaban J connectivity index is 3.10. The SMILES string of the molecule is NC(=O)C(O)C(O)c1c(Cl)cccc1Br. The molecule has 0 spiro atoms. The van der Waals surface area contributed by atoms with Gasteiger partial charge in [0.25, 0.3) is 0 Å². The van der Waals surface area contributed by atoms with E-state index in [9.17, 15) is 15.0 Å². The van der Waals surface area contributed by atoms with Crippen LogP contribution >= 0.6 is 27.5 Å². The van der Waals surface area contributed by atoms with Crippen LogP contribution in [0.3, 0.4) is 0 Å². The molecule has 15 heavy (non-hydrogen) atoms. The minimum atomic E-state index is -1.68. The van der Waals surface area contributed by atoms with Gasteiger partial charge < -0.3 is 15.9 Å². The summed E-state index contributed by atoms with van der Waals surface area (Å²) >= 11 is 8.98. The Morgan fingerprint density at radius 3 is 2.53 bits per heavy atom. The Morgan fingerprint density at radius 1 is 1.47 bits per heavy atom. The van der Waals surface area contributed by atoms with Gasteiger partial charge in [0.05, 0.1) is 0 Å². The van der Waals surface area contributed by atoms with Crippen LogP contribution in [0.4, 0.5) is 0 Å². The topological polar surface area (TPSA) is 83.6 Å². The fourth-order valence-electron chi connectivity index (χ4n) is 1.11. The highest BCUT2D eigenvalue weighted by atomic mass is 79.9. The first kappa shape index (κ1) is 12.4. The second kappa shape index (κ2) is 4.94. The van der Waals surface area contributed by atoms with Crippen molar-refractivity contribution in [2.45, 2.75) is 12.2 Å². The number of hydrogen-bond donors (Lipinski definition) is 3. The van der Waals surface area contributed by atoms with Gasteiger partial charge >= 0.3 is 0 Å². The van der Waals surface area contributed by atoms with Crippen LogP contribution in [0, 0.1) is 0 Å². The summed E-state index contributed by atoms with van der Waals surface area (Å²) in [6, 6.07) is 4.84. The summed E-state index contributed by atoms with van der Waals surface area (Å²) in [5, 5.41) is 19.2. The molecule has 1 amide bonds. The molecular weight excluding hydrogens is 285 g/mol. The van der Waals surface area contributed by atoms with Crippen molar-refractivity contribution in [2.24, 2.45) is 5.73 Å². The van der Waals surface area contributed by atoms with Crippen LogP contribution in [0.1, 0.15) is 11.7 Å². The van der Waals surface area contributed by atoms with Gasteiger partial charge in [-0.2, -0.15) is 0 Å². The van der Waals surface area contributed by atoms with Crippen molar-refractivity contribution >= 4 is 33.4 Å². The molecule has 0 saturated carbocycles. The molecule has 1 aromatic carbocycles. The Hall–Kier alpha value is -0.620. The van der Waals surface area contributed by atoms with E-state index in [2.05, 4.69) is 15.9 Å². The zero-order valence-electron chi connectivity index (χ0n) is 7.52. The molecule has 0 bridgehead atoms. The van der Waals surface area contributed by atoms with Crippen LogP contribution in [-0.4, -0.2) is 22.2 Å². The summed E-state index contributed by atoms with van der Waals surface area (Å²) in [4.78, 5) is 10.7. The van der Waals surface area contributed by atoms with Gasteiger partial charge in [0.15, 0.2) is 6.10 Å². The number of primary amides is 1. The van der Waals surface area contributed by atoms with Gasteiger partial charge in [0, 0.05) is 15.1 Å². The fraction of sp³-hybridized carbons (Fsp3) is 0.222. The highest BCUT2D eigenvalue weighted by molar-refractivity contribution is 9.10. The first-order valence-electron chi connectivity index (χ1n) is 4.04. The number of aliphatic hydroxyl groups is 2. The minimum absolute atomic E-state index is 0.241. The van der Waals surface area contributed by atoms with Gasteiger partial charge in [-0.1, -0.05) is 33.6 Å². The third kappa shape index (κ3) is 2.69. The average molecular weight is 295 g/mol. The minimum Gasteiger partial charge on any atom is -0.385 e. The number of aliphatic hydroxyl groups excluding tert-OH is 2. The van der Waals surface area contributed by atoms with Crippen molar-refractivity contribution in [3.8, 4) is 0 Å². The molecule has 4 nitrogen and oxygen atoms in total. The van der Waals surface area contributed by atoms with E-state index in [4.69, 9.17) is 17.3 Å². The predicted octanol–water partition coefficient (Wildman–Crippen LogP) is 0.982. The maximum atomic E-state index is 10.7. The number of benzene rings is 1. The number of nitrogens with two attached hydrogens (primary N) is 1. The van der Waals surface area contributed by atoms with E-state index in [1.807, 2.05) is 0 Å². The third-order valence-corrected chi connectivity index (χ3v) is 2.91. The molecule has 0 aliphatic heterocycles. The lowest BCUT2D eigenvalue weighted by Gasteiger charge is -2.17. The molecule has 1 aromatic rings. The van der Waals surface area contributed by atoms with Gasteiger partial charge in [-0.3, -0.25) is 4.79 Å². The summed E-state index contributed by atoms with van der Waals surface area (Å²) in [7, 11) is 0. The summed E-state index contributed by atoms with van der Waals surface area (Å²) in [6.07, 6.45) is -3.12. The van der Waals surface area contributed by atoms with Crippen LogP contribution in [0.5, 0.6) is 0 Å². The number of carbonyl (C=O) groups is 1. The van der Waals surface area contributed by atoms with Gasteiger partial charge in [0.1, 0.15) is 6.10 Å². The predicted molar refractivity (Wildman–Crippen MR) is 59.3 cm³/mol. The standard InChI is InChI=1S/C9H9BrClNO3/c10-4-2-1-3-5(11)6(4)7(13)8(14)9(12)15/h1-3,7-8,13-14H,(H2,12,15). The van der Waals surface area contributed by atoms with Gasteiger partial charge in [-0.25, -0.2) is 0 Å². The van der Waals surface area contributed by atoms with Crippen molar-refractivity contribution in [2.75, 3.05) is 0 Å². The quantitative estimate of drug-likeness (QED) is 0.777. The van der Waals surface area contributed by atoms with Gasteiger partial charge in [-0.05, 0) is 12.1 Å². The third-order valence-electron chi connectivity index (χ3n) is 1.89. The normalized spacial score (nSPS) is 14.7. The summed E-state index contributed by atoms with van der Waals surface area (Å²) in [5.74, 6) is -1.01. The Kier molecular flexibility index (Phi) is 4.10. The largest absolute Gasteiger partial charge is 0.385 e. The first-order valence-corrected chi connectivity index (χ1v) is 5.21. The van der Waals surface area contributed by atoms with E-state index >= 15 is 0 Å². The molecule has 0 heterocycles. The lowest BCUT2D eigenvalue weighted by molar-refractivity contribution is -0.132. The van der Waals surface area contributed by atoms with Crippen LogP contribution in [0.2, 0.25) is 5.02 Å². The van der Waals surface area contributed by atoms with Crippen molar-refractivity contribution in [3.05, 3.63) is 33.3 Å². The molecule has 1 rings (SSSR count). The van der Waals surface area contributed by atoms with Gasteiger partial charge in [0.2, 0.25) is 5.91 Å². The second-order valence-corrected chi connectivity index (χ2v) is 4.19. The monoisotopic (exact) mass is 293 g/mol. The maximum Gasteiger partial charge on any atom is 0.249 e. The molecule has 6 heteroatoms. The Labute approximate surface area is 99.8 Å². The number of halogens is 2. The summed E-state index contributed by atoms with van der Waals surface area (Å²) < 4.78 is 0.503. The molecule has 0 aromatic heterocycles. The highest BCUT2D eigenvalue weighted by Gasteiger charge is 2.26. The molecule has 2 unspecified atom stereocenters. The van der Waals surface area contributed by atoms with Crippen LogP contribution in [-0.2, 0) is 4.79 Å². The van der Waals surface area contributed by atoms with E-state index in [1.54, 1.807) is 18.2 Å². The lowest BCUT2D eigenvalue weighted by Crippen LogP contribution is -2.34. The van der Waals surface area contributed by atoms with E-state index in [0.29, 0.717) is 4.47 Å². The highest BCUT2D eigenvalue weighted by Crippen LogP contribution is 2.32. The van der Waals surface area contributed by atoms with Gasteiger partial charge in [-0.15, -0.1) is 0 Å². The number of amides is 1. The fourth-order valence-corrected chi connectivity index (χ4v) is 2.11. The average Bonchev–Trinajstić information content (AvgIpc) is 2.15. The molecule has 2 atom stereocenters. The number of carbonyl (C=O) groups excluding carboxylic acids is 1. The molecule has 0 saturated heterocycles. The lowest BCUT2D eigenvalue weighted by atomic mass is 10.0. The van der Waals surface area contributed by atoms with Crippen LogP contribution in [0.15, 0.2) is 22.7 Å². The van der Waals surface area contributed by atoms with Crippen molar-refractivity contribution in [1.29, 1.82) is 0 Å². The molecule has 82 valence electrons. The van der Waals surface area contributed by atoms with Crippen molar-refractivity contribution < 1.29 is 15.0 Å². The summed E-state index contributed by atoms with van der Waals surface area (Å²) in [5.41, 5.74) is 5.11. The second-order valence-electron chi connectivity index (χ2n) is 2.93. The van der Waals surface area contributed by atoms with E-state index in [1.165, 1.54) is 0 Å². The van der Waals surface area contributed by atoms with Crippen LogP contribution in [0.25, 0.3) is 0 Å². The summed E-state index contributed by atoms with van der Waals surface area (Å²) in [6.45, 7) is 0. The van der Waals surface area contributed by atoms with Crippen molar-refractivity contribution in [3.63, 3.8) is 0 Å². The van der Waals surface area contributed by atoms with Crippen LogP contribution < -0.4 is 5.73 Å². The smallest absolute Gasteiger partial charge is 0.249 e. The molecule has 0 radical (unpaired) electrons. The van der Waals surface area contributed by atoms with E-state index < -0.39 is 18.1 Å². The van der Waals surface area contributed by atoms with Crippen molar-refractivity contribution in [1.82, 2.24) is 0 Å². The number of hydrogen-bond acceptors (Lipinski definition) is 3. The molecule has 0 aliphatic carbocycles. The van der Waals surface area contributed by atoms with E-state index in [0.717, 1.165) is 0 Å². The number of rotatable bonds is 3. The zero-order chi connectivity index (χ0) is 11.6. The first-order chi connectivity index (χ1) is 6.95. The zero-order valence-corrected chi connectivity index (χ0v) is 9.86. The molecular formula is C9H9BrClNO3. The molecule has 0 aliphatic rings. The molecule has 0 fully saturated rings. The maximum absolute atomic E-state index is 10.7. The Bertz CT molecular complexity index is 365. The molecule has 4 N–H and O–H groups in total.